The van der Waals surface area contributed by atoms with Gasteiger partial charge >= 0.3 is 0 Å². The summed E-state index contributed by atoms with van der Waals surface area (Å²) in [6.45, 7) is 0.223. The molecule has 2 aromatic heterocycles. The van der Waals surface area contributed by atoms with Crippen LogP contribution in [0, 0.1) is 3.57 Å². The van der Waals surface area contributed by atoms with E-state index in [0.717, 1.165) is 22.2 Å². The van der Waals surface area contributed by atoms with Gasteiger partial charge in [0, 0.05) is 0 Å². The summed E-state index contributed by atoms with van der Waals surface area (Å²) in [5.74, 6) is 1.30. The number of hydrogen-bond acceptors (Lipinski definition) is 4. The van der Waals surface area contributed by atoms with E-state index in [4.69, 9.17) is 4.74 Å². The lowest BCUT2D eigenvalue weighted by molar-refractivity contribution is 0.293. The van der Waals surface area contributed by atoms with Gasteiger partial charge < -0.3 is 9.72 Å². The number of nitrogens with one attached hydrogen (secondary N) is 1. The zero-order valence-electron chi connectivity index (χ0n) is 13.0. The van der Waals surface area contributed by atoms with E-state index >= 15 is 0 Å². The van der Waals surface area contributed by atoms with Crippen LogP contribution in [0.15, 0.2) is 35.3 Å². The van der Waals surface area contributed by atoms with Crippen molar-refractivity contribution in [2.24, 2.45) is 0 Å². The number of H-pyrrole nitrogens is 1. The van der Waals surface area contributed by atoms with Gasteiger partial charge in [-0.2, -0.15) is 5.10 Å². The first-order valence-corrected chi connectivity index (χ1v) is 9.14. The van der Waals surface area contributed by atoms with E-state index in [9.17, 15) is 4.79 Å². The van der Waals surface area contributed by atoms with Crippen LogP contribution < -0.4 is 10.3 Å². The van der Waals surface area contributed by atoms with Crippen molar-refractivity contribution in [1.82, 2.24) is 19.7 Å². The van der Waals surface area contributed by atoms with E-state index in [1.54, 1.807) is 6.20 Å². The molecule has 1 aromatic carbocycles. The molecule has 3 aromatic rings. The fraction of sp³-hybridized carbons (Fsp3) is 0.353. The number of ether oxygens (including phenoxy) is 1. The van der Waals surface area contributed by atoms with Crippen molar-refractivity contribution in [3.05, 3.63) is 50.2 Å². The van der Waals surface area contributed by atoms with Crippen molar-refractivity contribution >= 4 is 33.6 Å². The largest absolute Gasteiger partial charge is 0.485 e. The van der Waals surface area contributed by atoms with E-state index in [1.807, 2.05) is 28.9 Å². The average molecular weight is 436 g/mol. The van der Waals surface area contributed by atoms with Crippen molar-refractivity contribution in [1.29, 1.82) is 0 Å². The summed E-state index contributed by atoms with van der Waals surface area (Å²) in [6.07, 6.45) is 6.22. The molecule has 1 saturated carbocycles. The molecule has 6 nitrogen and oxygen atoms in total. The number of halogens is 1. The van der Waals surface area contributed by atoms with E-state index in [2.05, 4.69) is 37.7 Å². The molecule has 0 bridgehead atoms. The average Bonchev–Trinajstić information content (AvgIpc) is 3.23. The molecule has 1 aliphatic carbocycles. The molecule has 1 aliphatic rings. The quantitative estimate of drug-likeness (QED) is 0.637. The number of hydrogen-bond donors (Lipinski definition) is 1. The van der Waals surface area contributed by atoms with Gasteiger partial charge in [-0.15, -0.1) is 0 Å². The molecule has 0 aliphatic heterocycles. The number of aromatic amines is 1. The van der Waals surface area contributed by atoms with Crippen LogP contribution in [0.1, 0.15) is 37.5 Å². The normalized spacial score (nSPS) is 15.2. The Balaban J connectivity index is 1.65. The Hall–Kier alpha value is -1.90. The van der Waals surface area contributed by atoms with Gasteiger partial charge in [0.25, 0.3) is 5.56 Å². The third-order valence-corrected chi connectivity index (χ3v) is 5.28. The first-order valence-electron chi connectivity index (χ1n) is 8.06. The molecular weight excluding hydrogens is 419 g/mol. The summed E-state index contributed by atoms with van der Waals surface area (Å²) < 4.78 is 8.73. The highest BCUT2D eigenvalue weighted by Gasteiger charge is 2.21. The van der Waals surface area contributed by atoms with Gasteiger partial charge in [-0.3, -0.25) is 4.79 Å². The summed E-state index contributed by atoms with van der Waals surface area (Å²) >= 11 is 2.22. The monoisotopic (exact) mass is 436 g/mol. The summed E-state index contributed by atoms with van der Waals surface area (Å²) in [6, 6.07) is 8.11. The highest BCUT2D eigenvalue weighted by molar-refractivity contribution is 14.1. The lowest BCUT2D eigenvalue weighted by Gasteiger charge is -2.11. The lowest BCUT2D eigenvalue weighted by Crippen LogP contribution is -2.15. The highest BCUT2D eigenvalue weighted by atomic mass is 127. The van der Waals surface area contributed by atoms with Gasteiger partial charge in [-0.05, 0) is 47.6 Å². The van der Waals surface area contributed by atoms with Gasteiger partial charge in [-0.1, -0.05) is 25.0 Å². The van der Waals surface area contributed by atoms with E-state index < -0.39 is 0 Å². The maximum Gasteiger partial charge on any atom is 0.262 e. The Kier molecular flexibility index (Phi) is 4.26. The second-order valence-corrected chi connectivity index (χ2v) is 7.16. The number of nitrogens with zero attached hydrogens (tertiary/aromatic N) is 3. The minimum atomic E-state index is -0.161. The SMILES string of the molecule is O=c1[nH]c(COc2ccccc2I)nc2c1cnn2C1CCCC1. The minimum Gasteiger partial charge on any atom is -0.485 e. The molecular formula is C17H17IN4O2. The molecule has 24 heavy (non-hydrogen) atoms. The molecule has 2 heterocycles. The molecule has 0 radical (unpaired) electrons. The maximum absolute atomic E-state index is 12.3. The first-order chi connectivity index (χ1) is 11.7. The van der Waals surface area contributed by atoms with Crippen LogP contribution in [0.5, 0.6) is 5.75 Å². The minimum absolute atomic E-state index is 0.161. The molecule has 1 N–H and O–H groups in total. The zero-order chi connectivity index (χ0) is 16.5. The molecule has 0 atom stereocenters. The Bertz CT molecular complexity index is 928. The van der Waals surface area contributed by atoms with Crippen LogP contribution in [0.4, 0.5) is 0 Å². The first kappa shape index (κ1) is 15.6. The molecule has 0 amide bonds. The van der Waals surface area contributed by atoms with Crippen molar-refractivity contribution in [2.75, 3.05) is 0 Å². The zero-order valence-corrected chi connectivity index (χ0v) is 15.2. The van der Waals surface area contributed by atoms with Crippen molar-refractivity contribution in [3.8, 4) is 5.75 Å². The summed E-state index contributed by atoms with van der Waals surface area (Å²) in [4.78, 5) is 19.7. The number of rotatable bonds is 4. The second kappa shape index (κ2) is 6.54. The van der Waals surface area contributed by atoms with Gasteiger partial charge in [0.1, 0.15) is 23.6 Å². The van der Waals surface area contributed by atoms with Gasteiger partial charge in [0.15, 0.2) is 5.65 Å². The van der Waals surface area contributed by atoms with Crippen LogP contribution in [-0.4, -0.2) is 19.7 Å². The number of aromatic nitrogens is 4. The van der Waals surface area contributed by atoms with E-state index in [1.165, 1.54) is 12.8 Å². The van der Waals surface area contributed by atoms with Crippen molar-refractivity contribution in [3.63, 3.8) is 0 Å². The number of para-hydroxylation sites is 1. The Labute approximate surface area is 152 Å². The molecule has 0 saturated heterocycles. The van der Waals surface area contributed by atoms with Crippen LogP contribution in [-0.2, 0) is 6.61 Å². The van der Waals surface area contributed by atoms with Gasteiger partial charge in [0.05, 0.1) is 15.8 Å². The van der Waals surface area contributed by atoms with Crippen LogP contribution in [0.2, 0.25) is 0 Å². The predicted molar refractivity (Wildman–Crippen MR) is 99.1 cm³/mol. The summed E-state index contributed by atoms with van der Waals surface area (Å²) in [5, 5.41) is 4.95. The fourth-order valence-electron chi connectivity index (χ4n) is 3.17. The van der Waals surface area contributed by atoms with Crippen LogP contribution in [0.25, 0.3) is 11.0 Å². The lowest BCUT2D eigenvalue weighted by atomic mass is 10.2. The predicted octanol–water partition coefficient (Wildman–Crippen LogP) is 3.42. The summed E-state index contributed by atoms with van der Waals surface area (Å²) in [5.41, 5.74) is 0.498. The molecule has 0 spiro atoms. The van der Waals surface area contributed by atoms with E-state index in [0.29, 0.717) is 22.9 Å². The van der Waals surface area contributed by atoms with Gasteiger partial charge in [0.2, 0.25) is 0 Å². The van der Waals surface area contributed by atoms with Crippen molar-refractivity contribution < 1.29 is 4.74 Å². The highest BCUT2D eigenvalue weighted by Crippen LogP contribution is 2.30. The standard InChI is InChI=1S/C17H17IN4O2/c18-13-7-3-4-8-14(13)24-10-15-20-16-12(17(23)21-15)9-19-22(16)11-5-1-2-6-11/h3-4,7-9,11H,1-2,5-6,10H2,(H,20,21,23). The third-order valence-electron chi connectivity index (χ3n) is 4.38. The second-order valence-electron chi connectivity index (χ2n) is 6.00. The Morgan fingerprint density at radius 1 is 1.29 bits per heavy atom. The Morgan fingerprint density at radius 3 is 2.88 bits per heavy atom. The Morgan fingerprint density at radius 2 is 2.08 bits per heavy atom. The third kappa shape index (κ3) is 2.92. The van der Waals surface area contributed by atoms with Crippen molar-refractivity contribution in [2.45, 2.75) is 38.3 Å². The maximum atomic E-state index is 12.3. The number of fused-ring (bicyclic) bond motifs is 1. The van der Waals surface area contributed by atoms with Crippen LogP contribution >= 0.6 is 22.6 Å². The molecule has 124 valence electrons. The molecule has 4 rings (SSSR count). The number of benzene rings is 1. The topological polar surface area (TPSA) is 72.8 Å². The molecule has 1 fully saturated rings. The molecule has 0 unspecified atom stereocenters. The smallest absolute Gasteiger partial charge is 0.262 e. The fourth-order valence-corrected chi connectivity index (χ4v) is 3.72. The molecule has 7 heteroatoms. The van der Waals surface area contributed by atoms with Crippen LogP contribution in [0.3, 0.4) is 0 Å². The van der Waals surface area contributed by atoms with E-state index in [-0.39, 0.29) is 12.2 Å². The van der Waals surface area contributed by atoms with Gasteiger partial charge in [-0.25, -0.2) is 9.67 Å². The summed E-state index contributed by atoms with van der Waals surface area (Å²) in [7, 11) is 0.